The van der Waals surface area contributed by atoms with Crippen LogP contribution >= 0.6 is 0 Å². The maximum absolute atomic E-state index is 14.9. The zero-order valence-corrected chi connectivity index (χ0v) is 24.2. The molecule has 3 aromatic rings. The summed E-state index contributed by atoms with van der Waals surface area (Å²) in [6, 6.07) is 12.6. The fourth-order valence-electron chi connectivity index (χ4n) is 5.74. The molecule has 0 saturated carbocycles. The quantitative estimate of drug-likeness (QED) is 0.335. The number of rotatable bonds is 9. The molecule has 2 fully saturated rings. The molecule has 222 valence electrons. The van der Waals surface area contributed by atoms with E-state index in [4.69, 9.17) is 9.72 Å². The van der Waals surface area contributed by atoms with Crippen molar-refractivity contribution in [3.8, 4) is 11.3 Å². The van der Waals surface area contributed by atoms with Gasteiger partial charge < -0.3 is 19.5 Å². The summed E-state index contributed by atoms with van der Waals surface area (Å²) in [7, 11) is 0. The van der Waals surface area contributed by atoms with Crippen molar-refractivity contribution in [1.29, 1.82) is 0 Å². The molecule has 3 atom stereocenters. The van der Waals surface area contributed by atoms with E-state index in [0.29, 0.717) is 50.7 Å². The minimum absolute atomic E-state index is 0.0174. The molecular weight excluding hydrogens is 529 g/mol. The van der Waals surface area contributed by atoms with Crippen molar-refractivity contribution in [3.63, 3.8) is 0 Å². The molecule has 9 heteroatoms. The number of benzene rings is 2. The summed E-state index contributed by atoms with van der Waals surface area (Å²) >= 11 is 0. The SMILES string of the molecule is CC.CCC(=O)N(CC1CNCC1F)C(c1nc(-c2cc(F)ccc2F)cn1Cc1ccccc1)C1CCOCC1. The Labute approximate surface area is 240 Å². The summed E-state index contributed by atoms with van der Waals surface area (Å²) in [5, 5.41) is 3.09. The molecule has 2 aromatic carbocycles. The van der Waals surface area contributed by atoms with Gasteiger partial charge in [0.15, 0.2) is 0 Å². The third kappa shape index (κ3) is 7.38. The second kappa shape index (κ2) is 14.6. The first-order valence-corrected chi connectivity index (χ1v) is 14.7. The number of alkyl halides is 1. The van der Waals surface area contributed by atoms with Crippen LogP contribution < -0.4 is 5.32 Å². The Hall–Kier alpha value is -3.17. The molecule has 5 rings (SSSR count). The van der Waals surface area contributed by atoms with Crippen LogP contribution in [-0.4, -0.2) is 59.4 Å². The van der Waals surface area contributed by atoms with E-state index in [0.717, 1.165) is 23.8 Å². The molecule has 0 spiro atoms. The number of carbonyl (C=O) groups is 1. The standard InChI is InChI=1S/C30H35F3N4O2.C2H6/c1-2-28(38)37(18-22-15-34-16-26(22)33)29(21-10-12-39-13-11-21)30-35-27(24-14-23(31)8-9-25(24)32)19-36(30)17-20-6-4-3-5-7-20;1-2/h3-9,14,19,21-22,26,29,34H,2,10-13,15-18H2,1H3;1-2H3. The van der Waals surface area contributed by atoms with Crippen LogP contribution in [0, 0.1) is 23.5 Å². The number of aromatic nitrogens is 2. The molecule has 3 unspecified atom stereocenters. The Kier molecular flexibility index (Phi) is 11.0. The Morgan fingerprint density at radius 1 is 1.12 bits per heavy atom. The molecule has 2 saturated heterocycles. The zero-order valence-electron chi connectivity index (χ0n) is 24.2. The third-order valence-corrected chi connectivity index (χ3v) is 7.83. The number of hydrogen-bond donors (Lipinski definition) is 1. The molecule has 0 radical (unpaired) electrons. The van der Waals surface area contributed by atoms with Gasteiger partial charge in [0.25, 0.3) is 0 Å². The van der Waals surface area contributed by atoms with Gasteiger partial charge in [-0.25, -0.2) is 18.2 Å². The lowest BCUT2D eigenvalue weighted by Gasteiger charge is -2.40. The summed E-state index contributed by atoms with van der Waals surface area (Å²) in [6.45, 7) is 8.36. The Morgan fingerprint density at radius 2 is 1.85 bits per heavy atom. The molecule has 0 aliphatic carbocycles. The van der Waals surface area contributed by atoms with Gasteiger partial charge in [-0.05, 0) is 42.5 Å². The largest absolute Gasteiger partial charge is 0.381 e. The first-order chi connectivity index (χ1) is 19.9. The lowest BCUT2D eigenvalue weighted by Crippen LogP contribution is -2.45. The van der Waals surface area contributed by atoms with Crippen molar-refractivity contribution >= 4 is 5.91 Å². The van der Waals surface area contributed by atoms with Crippen LogP contribution in [-0.2, 0) is 16.1 Å². The minimum atomic E-state index is -1.05. The van der Waals surface area contributed by atoms with E-state index in [1.54, 1.807) is 18.0 Å². The molecule has 1 N–H and O–H groups in total. The molecule has 2 aliphatic heterocycles. The number of amides is 1. The highest BCUT2D eigenvalue weighted by Crippen LogP contribution is 2.38. The molecule has 3 heterocycles. The fraction of sp³-hybridized carbons (Fsp3) is 0.500. The molecule has 2 aliphatic rings. The van der Waals surface area contributed by atoms with E-state index >= 15 is 0 Å². The van der Waals surface area contributed by atoms with Crippen molar-refractivity contribution in [1.82, 2.24) is 19.8 Å². The van der Waals surface area contributed by atoms with Crippen molar-refractivity contribution in [2.45, 2.75) is 58.8 Å². The van der Waals surface area contributed by atoms with Gasteiger partial charge >= 0.3 is 0 Å². The third-order valence-electron chi connectivity index (χ3n) is 7.83. The monoisotopic (exact) mass is 570 g/mol. The van der Waals surface area contributed by atoms with E-state index in [9.17, 15) is 18.0 Å². The average molecular weight is 571 g/mol. The van der Waals surface area contributed by atoms with Gasteiger partial charge in [0.2, 0.25) is 5.91 Å². The number of imidazole rings is 1. The van der Waals surface area contributed by atoms with Crippen LogP contribution in [0.3, 0.4) is 0 Å². The number of ether oxygens (including phenoxy) is 1. The zero-order chi connectivity index (χ0) is 29.4. The van der Waals surface area contributed by atoms with Crippen LogP contribution in [0.25, 0.3) is 11.3 Å². The predicted octanol–water partition coefficient (Wildman–Crippen LogP) is 6.17. The Bertz CT molecular complexity index is 1260. The van der Waals surface area contributed by atoms with Gasteiger partial charge in [-0.2, -0.15) is 0 Å². The second-order valence-corrected chi connectivity index (χ2v) is 10.5. The van der Waals surface area contributed by atoms with Gasteiger partial charge in [0.05, 0.1) is 11.7 Å². The molecule has 0 bridgehead atoms. The van der Waals surface area contributed by atoms with Crippen LogP contribution in [0.2, 0.25) is 0 Å². The van der Waals surface area contributed by atoms with Crippen LogP contribution in [0.4, 0.5) is 13.2 Å². The van der Waals surface area contributed by atoms with Crippen molar-refractivity contribution in [2.24, 2.45) is 11.8 Å². The lowest BCUT2D eigenvalue weighted by molar-refractivity contribution is -0.137. The van der Waals surface area contributed by atoms with E-state index in [-0.39, 0.29) is 42.8 Å². The van der Waals surface area contributed by atoms with Crippen molar-refractivity contribution in [2.75, 3.05) is 32.8 Å². The molecule has 6 nitrogen and oxygen atoms in total. The average Bonchev–Trinajstić information content (AvgIpc) is 3.61. The highest BCUT2D eigenvalue weighted by Gasteiger charge is 2.39. The number of carbonyl (C=O) groups excluding carboxylic acids is 1. The number of halogens is 3. The summed E-state index contributed by atoms with van der Waals surface area (Å²) in [4.78, 5) is 20.2. The summed E-state index contributed by atoms with van der Waals surface area (Å²) < 4.78 is 51.4. The van der Waals surface area contributed by atoms with E-state index < -0.39 is 23.8 Å². The van der Waals surface area contributed by atoms with Crippen molar-refractivity contribution in [3.05, 3.63) is 77.8 Å². The highest BCUT2D eigenvalue weighted by atomic mass is 19.1. The topological polar surface area (TPSA) is 59.4 Å². The Balaban J connectivity index is 0.00000189. The normalized spacial score (nSPS) is 19.9. The predicted molar refractivity (Wildman–Crippen MR) is 154 cm³/mol. The number of hydrogen-bond acceptors (Lipinski definition) is 4. The van der Waals surface area contributed by atoms with Gasteiger partial charge in [0.1, 0.15) is 23.6 Å². The van der Waals surface area contributed by atoms with Gasteiger partial charge in [-0.1, -0.05) is 51.1 Å². The molecule has 1 amide bonds. The summed E-state index contributed by atoms with van der Waals surface area (Å²) in [5.41, 5.74) is 1.36. The van der Waals surface area contributed by atoms with E-state index in [1.807, 2.05) is 48.7 Å². The first-order valence-electron chi connectivity index (χ1n) is 14.7. The molecular formula is C32H41F3N4O2. The van der Waals surface area contributed by atoms with E-state index in [2.05, 4.69) is 5.32 Å². The second-order valence-electron chi connectivity index (χ2n) is 10.5. The summed E-state index contributed by atoms with van der Waals surface area (Å²) in [6.07, 6.45) is 2.37. The van der Waals surface area contributed by atoms with E-state index in [1.165, 1.54) is 0 Å². The van der Waals surface area contributed by atoms with Gasteiger partial charge in [-0.3, -0.25) is 4.79 Å². The Morgan fingerprint density at radius 3 is 2.51 bits per heavy atom. The van der Waals surface area contributed by atoms with Crippen LogP contribution in [0.15, 0.2) is 54.7 Å². The minimum Gasteiger partial charge on any atom is -0.381 e. The maximum Gasteiger partial charge on any atom is 0.222 e. The molecule has 41 heavy (non-hydrogen) atoms. The van der Waals surface area contributed by atoms with Crippen LogP contribution in [0.5, 0.6) is 0 Å². The van der Waals surface area contributed by atoms with Gasteiger partial charge in [-0.15, -0.1) is 0 Å². The maximum atomic E-state index is 14.9. The number of nitrogens with zero attached hydrogens (tertiary/aromatic N) is 3. The lowest BCUT2D eigenvalue weighted by atomic mass is 9.88. The smallest absolute Gasteiger partial charge is 0.222 e. The highest BCUT2D eigenvalue weighted by molar-refractivity contribution is 5.76. The molecule has 1 aromatic heterocycles. The summed E-state index contributed by atoms with van der Waals surface area (Å²) in [5.74, 6) is -0.944. The number of nitrogens with one attached hydrogen (secondary N) is 1. The van der Waals surface area contributed by atoms with Crippen LogP contribution in [0.1, 0.15) is 57.5 Å². The fourth-order valence-corrected chi connectivity index (χ4v) is 5.74. The van der Waals surface area contributed by atoms with Gasteiger partial charge in [0, 0.05) is 63.5 Å². The van der Waals surface area contributed by atoms with Crippen molar-refractivity contribution < 1.29 is 22.7 Å². The first kappa shape index (κ1) is 30.8.